The molecule has 0 saturated carbocycles. The van der Waals surface area contributed by atoms with Crippen molar-refractivity contribution in [1.82, 2.24) is 10.3 Å². The van der Waals surface area contributed by atoms with Crippen molar-refractivity contribution in [3.63, 3.8) is 0 Å². The van der Waals surface area contributed by atoms with Gasteiger partial charge in [0, 0.05) is 19.8 Å². The Balaban J connectivity index is 2.63. The molecule has 0 radical (unpaired) electrons. The van der Waals surface area contributed by atoms with Gasteiger partial charge in [-0.2, -0.15) is 0 Å². The van der Waals surface area contributed by atoms with Crippen molar-refractivity contribution in [3.05, 3.63) is 39.2 Å². The van der Waals surface area contributed by atoms with Crippen molar-refractivity contribution in [1.29, 1.82) is 0 Å². The van der Waals surface area contributed by atoms with Gasteiger partial charge in [-0.25, -0.2) is 4.98 Å². The van der Waals surface area contributed by atoms with Crippen LogP contribution in [0, 0.1) is 10.1 Å². The number of carbonyl (C=O) groups is 1. The number of hydrogen-bond acceptors (Lipinski definition) is 5. The predicted molar refractivity (Wildman–Crippen MR) is 71.0 cm³/mol. The van der Waals surface area contributed by atoms with Gasteiger partial charge in [-0.15, -0.1) is 8.78 Å². The van der Waals surface area contributed by atoms with E-state index in [-0.39, 0.29) is 12.4 Å². The molecule has 0 amide bonds. The lowest BCUT2D eigenvalue weighted by atomic mass is 10.2. The molecule has 21 heavy (non-hydrogen) atoms. The summed E-state index contributed by atoms with van der Waals surface area (Å²) >= 11 is 5.60. The fourth-order valence-electron chi connectivity index (χ4n) is 1.30. The predicted octanol–water partition coefficient (Wildman–Crippen LogP) is 1.68. The maximum absolute atomic E-state index is 12.9. The Bertz CT molecular complexity index is 563. The summed E-state index contributed by atoms with van der Waals surface area (Å²) in [6.45, 7) is 0.161. The molecule has 0 unspecified atom stereocenters. The van der Waals surface area contributed by atoms with E-state index in [0.29, 0.717) is 10.7 Å². The molecule has 0 aromatic carbocycles. The number of alkyl halides is 2. The number of amidine groups is 1. The Hall–Kier alpha value is -2.16. The first-order valence-electron chi connectivity index (χ1n) is 5.63. The van der Waals surface area contributed by atoms with Crippen molar-refractivity contribution in [2.75, 3.05) is 7.05 Å². The number of nitrogens with zero attached hydrogens (tertiary/aromatic N) is 3. The summed E-state index contributed by atoms with van der Waals surface area (Å²) in [5.41, 5.74) is 0.675. The molecule has 7 nitrogen and oxygen atoms in total. The second-order valence-electron chi connectivity index (χ2n) is 3.91. The first-order chi connectivity index (χ1) is 9.77. The van der Waals surface area contributed by atoms with Crippen molar-refractivity contribution >= 4 is 23.2 Å². The number of aliphatic imine (C=N–C) groups is 1. The zero-order chi connectivity index (χ0) is 16.0. The van der Waals surface area contributed by atoms with Gasteiger partial charge >= 0.3 is 6.05 Å². The highest BCUT2D eigenvalue weighted by Crippen LogP contribution is 2.17. The van der Waals surface area contributed by atoms with E-state index < -0.39 is 23.2 Å². The quantitative estimate of drug-likeness (QED) is 0.215. The summed E-state index contributed by atoms with van der Waals surface area (Å²) in [5.74, 6) is -1.92. The molecule has 0 aliphatic rings. The minimum atomic E-state index is -4.63. The third-order valence-electron chi connectivity index (χ3n) is 2.45. The fourth-order valence-corrected chi connectivity index (χ4v) is 1.41. The Morgan fingerprint density at radius 3 is 2.71 bits per heavy atom. The topological polar surface area (TPSA) is 97.5 Å². The van der Waals surface area contributed by atoms with Gasteiger partial charge in [-0.05, 0) is 11.6 Å². The third-order valence-corrected chi connectivity index (χ3v) is 2.67. The first kappa shape index (κ1) is 16.9. The summed E-state index contributed by atoms with van der Waals surface area (Å²) in [4.78, 5) is 26.8. The van der Waals surface area contributed by atoms with Gasteiger partial charge in [0.1, 0.15) is 15.9 Å². The standard InChI is InChI=1S/C11H11ClF2N4O3/c1-15-10(4-8(19)11(13,14)18(20)21)17-6-7-2-3-9(12)16-5-7/h2-3,5H,4,6H2,1H3,(H,15,17). The lowest BCUT2D eigenvalue weighted by Crippen LogP contribution is -2.40. The van der Waals surface area contributed by atoms with Gasteiger partial charge in [0.25, 0.3) is 5.78 Å². The van der Waals surface area contributed by atoms with Crippen LogP contribution in [0.25, 0.3) is 0 Å². The van der Waals surface area contributed by atoms with E-state index in [4.69, 9.17) is 11.6 Å². The van der Waals surface area contributed by atoms with E-state index in [2.05, 4.69) is 15.3 Å². The highest BCUT2D eigenvalue weighted by Gasteiger charge is 2.52. The molecule has 0 saturated heterocycles. The number of nitro groups is 1. The molecule has 1 aromatic rings. The molecule has 114 valence electrons. The first-order valence-corrected chi connectivity index (χ1v) is 6.00. The molecule has 1 aromatic heterocycles. The van der Waals surface area contributed by atoms with Crippen molar-refractivity contribution in [2.45, 2.75) is 19.0 Å². The summed E-state index contributed by atoms with van der Waals surface area (Å²) in [6.07, 6.45) is 0.585. The molecule has 1 N–H and O–H groups in total. The van der Waals surface area contributed by atoms with Crippen LogP contribution >= 0.6 is 11.6 Å². The van der Waals surface area contributed by atoms with Crippen LogP contribution in [0.5, 0.6) is 0 Å². The smallest absolute Gasteiger partial charge is 0.369 e. The van der Waals surface area contributed by atoms with Crippen LogP contribution in [-0.2, 0) is 11.3 Å². The van der Waals surface area contributed by atoms with Gasteiger partial charge in [0.15, 0.2) is 0 Å². The van der Waals surface area contributed by atoms with Crippen LogP contribution in [-0.4, -0.2) is 34.6 Å². The minimum Gasteiger partial charge on any atom is -0.369 e. The number of Topliss-reactive ketones (excluding diaryl/α,β-unsaturated/α-hetero) is 1. The Labute approximate surface area is 123 Å². The number of aromatic nitrogens is 1. The van der Waals surface area contributed by atoms with Crippen molar-refractivity contribution in [3.8, 4) is 0 Å². The highest BCUT2D eigenvalue weighted by atomic mass is 35.5. The van der Waals surface area contributed by atoms with Crippen LogP contribution in [0.3, 0.4) is 0 Å². The van der Waals surface area contributed by atoms with E-state index in [1.165, 1.54) is 19.3 Å². The van der Waals surface area contributed by atoms with E-state index in [1.54, 1.807) is 6.07 Å². The molecular weight excluding hydrogens is 310 g/mol. The Morgan fingerprint density at radius 1 is 1.57 bits per heavy atom. The summed E-state index contributed by atoms with van der Waals surface area (Å²) in [6, 6.07) is -1.45. The lowest BCUT2D eigenvalue weighted by molar-refractivity contribution is -0.621. The van der Waals surface area contributed by atoms with E-state index in [0.717, 1.165) is 0 Å². The molecule has 0 aliphatic carbocycles. The average Bonchev–Trinajstić information content (AvgIpc) is 2.44. The van der Waals surface area contributed by atoms with Gasteiger partial charge in [0.05, 0.1) is 6.42 Å². The van der Waals surface area contributed by atoms with Crippen molar-refractivity contribution < 1.29 is 18.5 Å². The molecule has 1 rings (SSSR count). The second-order valence-corrected chi connectivity index (χ2v) is 4.30. The monoisotopic (exact) mass is 320 g/mol. The van der Waals surface area contributed by atoms with E-state index in [1.807, 2.05) is 0 Å². The molecule has 0 atom stereocenters. The summed E-state index contributed by atoms with van der Waals surface area (Å²) in [7, 11) is 1.28. The molecule has 0 bridgehead atoms. The summed E-state index contributed by atoms with van der Waals surface area (Å²) in [5, 5.41) is 13.0. The molecule has 0 fully saturated rings. The number of halogens is 3. The van der Waals surface area contributed by atoms with Crippen LogP contribution in [0.4, 0.5) is 8.78 Å². The lowest BCUT2D eigenvalue weighted by Gasteiger charge is -2.10. The number of ketones is 1. The zero-order valence-corrected chi connectivity index (χ0v) is 11.6. The number of nitrogens with one attached hydrogen (secondary N) is 1. The Kier molecular flexibility index (Phi) is 5.65. The molecular formula is C11H11ClF2N4O3. The maximum atomic E-state index is 12.9. The number of carbonyl (C=O) groups excluding carboxylic acids is 1. The number of rotatable bonds is 6. The number of pyridine rings is 1. The normalized spacial score (nSPS) is 12.1. The van der Waals surface area contributed by atoms with Crippen molar-refractivity contribution in [2.24, 2.45) is 4.99 Å². The number of hydrogen-bond donors (Lipinski definition) is 1. The van der Waals surface area contributed by atoms with Gasteiger partial charge < -0.3 is 5.32 Å². The highest BCUT2D eigenvalue weighted by molar-refractivity contribution is 6.29. The van der Waals surface area contributed by atoms with Crippen LogP contribution in [0.2, 0.25) is 5.15 Å². The van der Waals surface area contributed by atoms with Crippen LogP contribution < -0.4 is 5.32 Å². The second kappa shape index (κ2) is 7.02. The van der Waals surface area contributed by atoms with Gasteiger partial charge in [0.2, 0.25) is 0 Å². The maximum Gasteiger partial charge on any atom is 0.573 e. The summed E-state index contributed by atoms with van der Waals surface area (Å²) < 4.78 is 25.8. The third kappa shape index (κ3) is 4.71. The van der Waals surface area contributed by atoms with Gasteiger partial charge in [-0.1, -0.05) is 17.7 Å². The molecule has 0 aliphatic heterocycles. The zero-order valence-electron chi connectivity index (χ0n) is 10.8. The fraction of sp³-hybridized carbons (Fsp3) is 0.364. The average molecular weight is 321 g/mol. The van der Waals surface area contributed by atoms with Crippen LogP contribution in [0.15, 0.2) is 23.3 Å². The van der Waals surface area contributed by atoms with Crippen LogP contribution in [0.1, 0.15) is 12.0 Å². The molecule has 10 heteroatoms. The van der Waals surface area contributed by atoms with Gasteiger partial charge in [-0.3, -0.25) is 19.9 Å². The molecule has 1 heterocycles. The largest absolute Gasteiger partial charge is 0.573 e. The molecule has 0 spiro atoms. The Morgan fingerprint density at radius 2 is 2.24 bits per heavy atom. The van der Waals surface area contributed by atoms with E-state index >= 15 is 0 Å². The minimum absolute atomic E-state index is 0.0866. The SMILES string of the molecule is CN=C(CC(=O)C(F)(F)[N+](=O)[O-])NCc1ccc(Cl)nc1. The van der Waals surface area contributed by atoms with E-state index in [9.17, 15) is 23.7 Å².